The molecule has 7 aromatic rings. The van der Waals surface area contributed by atoms with Crippen LogP contribution < -0.4 is 20.9 Å². The van der Waals surface area contributed by atoms with E-state index in [1.54, 1.807) is 58.4 Å². The number of nitrogen functional groups attached to an aromatic ring is 1. The highest BCUT2D eigenvalue weighted by Crippen LogP contribution is 2.40. The number of hydrogen-bond donors (Lipinski definition) is 7. The van der Waals surface area contributed by atoms with Crippen LogP contribution in [0.4, 0.5) is 17.7 Å². The van der Waals surface area contributed by atoms with Gasteiger partial charge in [-0.15, -0.1) is 0 Å². The van der Waals surface area contributed by atoms with Crippen LogP contribution in [0, 0.1) is 35.5 Å². The van der Waals surface area contributed by atoms with Crippen LogP contribution in [0.5, 0.6) is 0 Å². The molecule has 4 amide bonds. The zero-order valence-corrected chi connectivity index (χ0v) is 80.5. The Balaban J connectivity index is 0.518. The lowest BCUT2D eigenvalue weighted by Gasteiger charge is -2.43. The first-order valence-corrected chi connectivity index (χ1v) is 48.4. The number of piperidine rings is 1. The first kappa shape index (κ1) is 102. The third-order valence-electron chi connectivity index (χ3n) is 28.0. The van der Waals surface area contributed by atoms with Gasteiger partial charge in [-0.1, -0.05) is 94.4 Å². The Morgan fingerprint density at radius 2 is 1.45 bits per heavy atom. The highest BCUT2D eigenvalue weighted by molar-refractivity contribution is 6.39. The molecule has 37 heteroatoms. The van der Waals surface area contributed by atoms with Crippen LogP contribution in [0.2, 0.25) is 0 Å². The average molecular weight is 1890 g/mol. The minimum Gasteiger partial charge on any atom is -0.460 e. The SMILES string of the molecule is CO[C@H]1C[C@@H]2CC[C@@H](C)[C@@](O)(O2)C(=O)C(=O)N2CCCC[C@H]2C(=O)O[C@H]([C@H](C)C[C@@H]2CC[C@@H](O)[C@H](OC)C2)C[C@@H](O)[C@H](C)/C=C(\C)[C@@H](O)[C@@H](OC)C(=NOCC(=O)N2CCc3nc(N4CCN(c5ncc(C(=O)NCCOCCOCCOCCC(=O)N6CCc7cc(Cn8nc(-c9cnc%10[nH]ccc%10c9)c9c(N)ncnc98)ccc7C6)cn5)CC4)ncc3C2)[C@H](C)C[C@H](C)/C=C/C=C/C=C/1C. The van der Waals surface area contributed by atoms with Crippen LogP contribution in [-0.2, 0) is 99.2 Å². The summed E-state index contributed by atoms with van der Waals surface area (Å²) in [6, 6.07) is 9.15. The lowest BCUT2D eigenvalue weighted by Crippen LogP contribution is -2.61. The Bertz CT molecular complexity index is 5450. The summed E-state index contributed by atoms with van der Waals surface area (Å²) in [7, 11) is 4.62. The van der Waals surface area contributed by atoms with E-state index in [1.165, 1.54) is 36.3 Å². The fourth-order valence-corrected chi connectivity index (χ4v) is 19.8. The molecule has 1 saturated carbocycles. The van der Waals surface area contributed by atoms with E-state index in [1.807, 2.05) is 84.0 Å². The Hall–Kier alpha value is -11.0. The van der Waals surface area contributed by atoms with Crippen molar-refractivity contribution in [3.05, 3.63) is 149 Å². The molecular weight excluding hydrogens is 1760 g/mol. The first-order valence-electron chi connectivity index (χ1n) is 48.4. The number of esters is 1. The molecule has 2 bridgehead atoms. The van der Waals surface area contributed by atoms with E-state index < -0.39 is 90.7 Å². The number of ether oxygens (including phenoxy) is 8. The summed E-state index contributed by atoms with van der Waals surface area (Å²) >= 11 is 0. The van der Waals surface area contributed by atoms with Gasteiger partial charge in [-0.05, 0) is 142 Å². The molecule has 6 aromatic heterocycles. The quantitative estimate of drug-likeness (QED) is 0.00835. The standard InChI is InChI=1S/C100H136N18O19/c1-61-16-12-11-13-17-62(2)81(129-8)50-76-23-19-67(7)100(128,137-76)91(124)96(126)117-31-15-14-18-78(117)97(127)136-82(64(4)46-68-21-24-79(119)83(48-68)130-9)51-80(120)63(3)45-66(6)89(123)90(131-10)87(65(5)44-61)112-135-59-85(122)116-33-27-77-75(58-116)55-107-99(110-77)114-36-34-113(35-37-114)98-105-53-74(54-106-98)95(125)103-30-39-133-41-43-134-42-40-132-38-28-84(121)115-32-26-70-47-69(20-22-72(70)57-115)56-118-94-86(92(101)108-60-109-94)88(111-118)73-49-71-25-29-102-93(71)104-52-73/h11-13,16-17,20,22,25,29,45,47,49,52-55,60-61,63-65,67-68,76,78-83,89-90,119-120,123,128H,14-15,18-19,21,23-24,26-28,30-44,46,48,50-51,56-59H2,1-10H3,(H,102,104)(H,103,125)(H2,101,108,109)/b13-11+,16-12+,62-17+,66-45+,112-87?/t61-,63-,64-,65-,67-,68+,76+,78+,79-,80-,81+,82+,83-,89-,90+,100-/m1/s1. The molecule has 0 radical (unpaired) electrons. The van der Waals surface area contributed by atoms with E-state index in [4.69, 9.17) is 63.5 Å². The molecular formula is C100H136N18O19. The van der Waals surface area contributed by atoms with Crippen LogP contribution in [0.25, 0.3) is 33.3 Å². The van der Waals surface area contributed by atoms with Gasteiger partial charge in [0.25, 0.3) is 23.5 Å². The molecule has 6 aliphatic heterocycles. The number of benzene rings is 1. The Kier molecular flexibility index (Phi) is 35.8. The highest BCUT2D eigenvalue weighted by atomic mass is 16.6. The normalized spacial score (nSPS) is 27.9. The molecule has 1 aromatic carbocycles. The van der Waals surface area contributed by atoms with Crippen molar-refractivity contribution in [2.75, 3.05) is 135 Å². The van der Waals surface area contributed by atoms with Crippen LogP contribution >= 0.6 is 0 Å². The second kappa shape index (κ2) is 48.1. The van der Waals surface area contributed by atoms with Crippen molar-refractivity contribution in [1.82, 2.24) is 69.7 Å². The molecule has 8 N–H and O–H groups in total. The van der Waals surface area contributed by atoms with Crippen LogP contribution in [0.15, 0.2) is 120 Å². The Morgan fingerprint density at radius 1 is 0.715 bits per heavy atom. The molecule has 0 spiro atoms. The van der Waals surface area contributed by atoms with Gasteiger partial charge in [0.1, 0.15) is 47.8 Å². The van der Waals surface area contributed by atoms with Crippen molar-refractivity contribution < 1.29 is 91.9 Å². The van der Waals surface area contributed by atoms with Crippen LogP contribution in [0.1, 0.15) is 170 Å². The number of aliphatic hydroxyl groups excluding tert-OH is 3. The van der Waals surface area contributed by atoms with Crippen LogP contribution in [0.3, 0.4) is 0 Å². The number of H-pyrrole nitrogens is 1. The molecule has 12 heterocycles. The third kappa shape index (κ3) is 25.8. The number of cyclic esters (lactones) is 1. The number of amides is 4. The van der Waals surface area contributed by atoms with Crippen molar-refractivity contribution in [2.45, 2.75) is 225 Å². The topological polar surface area (TPSA) is 457 Å². The fraction of sp³-hybridized carbons (Fsp3) is 0.590. The minimum atomic E-state index is -2.47. The monoisotopic (exact) mass is 1890 g/mol. The van der Waals surface area contributed by atoms with Crippen molar-refractivity contribution in [1.29, 1.82) is 0 Å². The van der Waals surface area contributed by atoms with Crippen molar-refractivity contribution in [3.8, 4) is 11.3 Å². The largest absolute Gasteiger partial charge is 0.460 e. The number of pyridine rings is 1. The fourth-order valence-electron chi connectivity index (χ4n) is 19.8. The smallest absolute Gasteiger partial charge is 0.329 e. The molecule has 3 saturated heterocycles. The number of aromatic nitrogens is 10. The lowest BCUT2D eigenvalue weighted by atomic mass is 9.78. The number of nitrogens with two attached hydrogens (primary N) is 1. The summed E-state index contributed by atoms with van der Waals surface area (Å²) in [6.45, 7) is 19.4. The number of ketones is 1. The van der Waals surface area contributed by atoms with Crippen molar-refractivity contribution in [3.63, 3.8) is 0 Å². The van der Waals surface area contributed by atoms with Gasteiger partial charge in [-0.25, -0.2) is 44.4 Å². The van der Waals surface area contributed by atoms with E-state index in [0.29, 0.717) is 194 Å². The van der Waals surface area contributed by atoms with Crippen LogP contribution in [-0.4, -0.2) is 306 Å². The second-order valence-corrected chi connectivity index (χ2v) is 37.7. The van der Waals surface area contributed by atoms with Gasteiger partial charge in [-0.3, -0.25) is 24.0 Å². The number of allylic oxidation sites excluding steroid dienone is 5. The predicted octanol–water partition coefficient (Wildman–Crippen LogP) is 8.34. The molecule has 14 rings (SSSR count). The summed E-state index contributed by atoms with van der Waals surface area (Å²) in [5.74, 6) is -6.65. The predicted molar refractivity (Wildman–Crippen MR) is 511 cm³/mol. The molecule has 7 aliphatic rings. The number of fused-ring (bicyclic) bond motifs is 7. The molecule has 16 atom stereocenters. The molecule has 0 unspecified atom stereocenters. The number of aromatic amines is 1. The third-order valence-corrected chi connectivity index (χ3v) is 28.0. The number of piperazine rings is 1. The summed E-state index contributed by atoms with van der Waals surface area (Å²) in [4.78, 5) is 135. The van der Waals surface area contributed by atoms with E-state index in [9.17, 15) is 49.2 Å². The first-order chi connectivity index (χ1) is 66.1. The maximum atomic E-state index is 14.8. The summed E-state index contributed by atoms with van der Waals surface area (Å²) in [5.41, 5.74) is 16.3. The zero-order chi connectivity index (χ0) is 97.0. The summed E-state index contributed by atoms with van der Waals surface area (Å²) in [6.07, 6.45) is 21.5. The van der Waals surface area contributed by atoms with E-state index in [0.717, 1.165) is 51.0 Å². The van der Waals surface area contributed by atoms with E-state index >= 15 is 0 Å². The number of rotatable bonds is 27. The number of aliphatic hydroxyl groups is 4. The number of Topliss-reactive ketones (excluding diaryl/α,β-unsaturated/α-hetero) is 1. The maximum absolute atomic E-state index is 14.8. The summed E-state index contributed by atoms with van der Waals surface area (Å²) in [5, 5.41) is 61.7. The minimum absolute atomic E-state index is 0.0313. The average Bonchev–Trinajstić information content (AvgIpc) is 1.76. The Morgan fingerprint density at radius 3 is 2.22 bits per heavy atom. The van der Waals surface area contributed by atoms with Gasteiger partial charge >= 0.3 is 5.97 Å². The number of nitrogens with one attached hydrogen (secondary N) is 2. The molecule has 37 nitrogen and oxygen atoms in total. The Labute approximate surface area is 799 Å². The number of hydrogen-bond acceptors (Lipinski definition) is 31. The number of nitrogens with zero attached hydrogens (tertiary/aromatic N) is 15. The van der Waals surface area contributed by atoms with E-state index in [2.05, 4.69) is 70.4 Å². The number of oxime groups is 1. The van der Waals surface area contributed by atoms with E-state index in [-0.39, 0.29) is 106 Å². The number of carbonyl (C=O) groups is 6. The second-order valence-electron chi connectivity index (χ2n) is 37.7. The zero-order valence-electron chi connectivity index (χ0n) is 80.5. The molecule has 137 heavy (non-hydrogen) atoms. The molecule has 4 fully saturated rings. The number of methoxy groups -OCH3 is 3. The van der Waals surface area contributed by atoms with Gasteiger partial charge in [-0.2, -0.15) is 5.10 Å². The molecule has 1 aliphatic carbocycles. The number of carbonyl (C=O) groups excluding carboxylic acids is 6. The van der Waals surface area contributed by atoms with Crippen molar-refractivity contribution >= 4 is 80.9 Å². The highest BCUT2D eigenvalue weighted by Gasteiger charge is 2.53. The summed E-state index contributed by atoms with van der Waals surface area (Å²) < 4.78 is 49.5. The van der Waals surface area contributed by atoms with Crippen molar-refractivity contribution in [2.24, 2.45) is 40.7 Å². The maximum Gasteiger partial charge on any atom is 0.329 e. The van der Waals surface area contributed by atoms with Gasteiger partial charge in [0.05, 0.1) is 105 Å². The van der Waals surface area contributed by atoms with Gasteiger partial charge in [0.2, 0.25) is 23.6 Å². The van der Waals surface area contributed by atoms with Gasteiger partial charge in [0.15, 0.2) is 12.3 Å². The van der Waals surface area contributed by atoms with Gasteiger partial charge < -0.3 is 104 Å². The lowest BCUT2D eigenvalue weighted by molar-refractivity contribution is -0.265. The molecule has 740 valence electrons. The van der Waals surface area contributed by atoms with Gasteiger partial charge in [0, 0.05) is 171 Å². The number of anilines is 3.